The van der Waals surface area contributed by atoms with Crippen LogP contribution in [-0.4, -0.2) is 55.7 Å². The number of carbonyl (C=O) groups excluding carboxylic acids is 1. The maximum atomic E-state index is 11.7. The van der Waals surface area contributed by atoms with Gasteiger partial charge in [-0.2, -0.15) is 0 Å². The Morgan fingerprint density at radius 1 is 1.44 bits per heavy atom. The highest BCUT2D eigenvalue weighted by Gasteiger charge is 2.10. The first-order valence-electron chi connectivity index (χ1n) is 6.22. The van der Waals surface area contributed by atoms with E-state index in [-0.39, 0.29) is 5.91 Å². The molecule has 0 saturated carbocycles. The third kappa shape index (κ3) is 10.4. The topological polar surface area (TPSA) is 67.6 Å². The van der Waals surface area contributed by atoms with E-state index in [1.807, 2.05) is 4.90 Å². The minimum Gasteiger partial charge on any atom is -0.393 e. The lowest BCUT2D eigenvalue weighted by atomic mass is 10.2. The van der Waals surface area contributed by atoms with Gasteiger partial charge in [-0.25, -0.2) is 0 Å². The highest BCUT2D eigenvalue weighted by atomic mass is 32.1. The number of thiocarbonyl (C=S) groups is 1. The van der Waals surface area contributed by atoms with Crippen molar-refractivity contribution in [2.75, 3.05) is 39.9 Å². The van der Waals surface area contributed by atoms with Crippen molar-refractivity contribution >= 4 is 23.1 Å². The SMILES string of the molecule is COCCN(CCC(N)=S)CC(=O)NCC(C)C. The molecule has 1 amide bonds. The van der Waals surface area contributed by atoms with Crippen LogP contribution in [-0.2, 0) is 9.53 Å². The number of rotatable bonds is 10. The molecule has 0 saturated heterocycles. The van der Waals surface area contributed by atoms with E-state index in [1.165, 1.54) is 0 Å². The van der Waals surface area contributed by atoms with Crippen molar-refractivity contribution in [3.05, 3.63) is 0 Å². The highest BCUT2D eigenvalue weighted by Crippen LogP contribution is 1.94. The summed E-state index contributed by atoms with van der Waals surface area (Å²) in [6, 6.07) is 0. The zero-order valence-corrected chi connectivity index (χ0v) is 12.4. The van der Waals surface area contributed by atoms with Crippen LogP contribution in [0.25, 0.3) is 0 Å². The van der Waals surface area contributed by atoms with Gasteiger partial charge in [-0.1, -0.05) is 26.1 Å². The molecule has 0 fully saturated rings. The molecule has 0 radical (unpaired) electrons. The van der Waals surface area contributed by atoms with Crippen molar-refractivity contribution in [3.8, 4) is 0 Å². The lowest BCUT2D eigenvalue weighted by Crippen LogP contribution is -2.41. The molecule has 0 aliphatic rings. The Kier molecular flexibility index (Phi) is 9.82. The summed E-state index contributed by atoms with van der Waals surface area (Å²) in [5, 5.41) is 2.89. The van der Waals surface area contributed by atoms with Crippen LogP contribution in [0, 0.1) is 5.92 Å². The van der Waals surface area contributed by atoms with Crippen molar-refractivity contribution in [1.82, 2.24) is 10.2 Å². The van der Waals surface area contributed by atoms with E-state index in [4.69, 9.17) is 22.7 Å². The number of hydrogen-bond acceptors (Lipinski definition) is 4. The third-order valence-electron chi connectivity index (χ3n) is 2.36. The normalized spacial score (nSPS) is 10.9. The van der Waals surface area contributed by atoms with E-state index in [2.05, 4.69) is 19.2 Å². The minimum atomic E-state index is 0.0303. The largest absolute Gasteiger partial charge is 0.393 e. The molecule has 0 aromatic carbocycles. The zero-order chi connectivity index (χ0) is 14.0. The standard InChI is InChI=1S/C12H25N3O2S/c1-10(2)8-14-12(16)9-15(6-7-17-3)5-4-11(13)18/h10H,4-9H2,1-3H3,(H2,13,18)(H,14,16). The van der Waals surface area contributed by atoms with Crippen LogP contribution in [0.4, 0.5) is 0 Å². The number of nitrogens with two attached hydrogens (primary N) is 1. The smallest absolute Gasteiger partial charge is 0.234 e. The average molecular weight is 275 g/mol. The second-order valence-corrected chi connectivity index (χ2v) is 5.21. The Hall–Kier alpha value is -0.720. The fourth-order valence-corrected chi connectivity index (χ4v) is 1.43. The summed E-state index contributed by atoms with van der Waals surface area (Å²) in [5.74, 6) is 0.487. The van der Waals surface area contributed by atoms with Gasteiger partial charge in [0.05, 0.1) is 18.1 Å². The van der Waals surface area contributed by atoms with Crippen molar-refractivity contribution in [2.45, 2.75) is 20.3 Å². The van der Waals surface area contributed by atoms with Crippen molar-refractivity contribution in [2.24, 2.45) is 11.7 Å². The van der Waals surface area contributed by atoms with Crippen LogP contribution in [0.5, 0.6) is 0 Å². The van der Waals surface area contributed by atoms with E-state index in [9.17, 15) is 4.79 Å². The highest BCUT2D eigenvalue weighted by molar-refractivity contribution is 7.80. The molecule has 18 heavy (non-hydrogen) atoms. The predicted molar refractivity (Wildman–Crippen MR) is 77.6 cm³/mol. The molecule has 0 rings (SSSR count). The van der Waals surface area contributed by atoms with Crippen LogP contribution in [0.3, 0.4) is 0 Å². The van der Waals surface area contributed by atoms with Crippen LogP contribution in [0.2, 0.25) is 0 Å². The lowest BCUT2D eigenvalue weighted by Gasteiger charge is -2.21. The zero-order valence-electron chi connectivity index (χ0n) is 11.6. The molecular formula is C12H25N3O2S. The van der Waals surface area contributed by atoms with E-state index in [1.54, 1.807) is 7.11 Å². The summed E-state index contributed by atoms with van der Waals surface area (Å²) >= 11 is 4.84. The van der Waals surface area contributed by atoms with Crippen LogP contribution < -0.4 is 11.1 Å². The van der Waals surface area contributed by atoms with E-state index < -0.39 is 0 Å². The second-order valence-electron chi connectivity index (χ2n) is 4.68. The summed E-state index contributed by atoms with van der Waals surface area (Å²) < 4.78 is 5.02. The van der Waals surface area contributed by atoms with Gasteiger partial charge in [0.2, 0.25) is 5.91 Å². The number of hydrogen-bond donors (Lipinski definition) is 2. The van der Waals surface area contributed by atoms with Gasteiger partial charge < -0.3 is 15.8 Å². The number of carbonyl (C=O) groups is 1. The first kappa shape index (κ1) is 17.3. The molecule has 0 atom stereocenters. The van der Waals surface area contributed by atoms with E-state index >= 15 is 0 Å². The Labute approximate surface area is 115 Å². The molecule has 5 nitrogen and oxygen atoms in total. The van der Waals surface area contributed by atoms with Gasteiger partial charge in [0.15, 0.2) is 0 Å². The van der Waals surface area contributed by atoms with Gasteiger partial charge in [-0.05, 0) is 5.92 Å². The Bertz CT molecular complexity index is 260. The predicted octanol–water partition coefficient (Wildman–Crippen LogP) is 0.383. The molecular weight excluding hydrogens is 250 g/mol. The minimum absolute atomic E-state index is 0.0303. The van der Waals surface area contributed by atoms with Gasteiger partial charge in [0.25, 0.3) is 0 Å². The first-order valence-corrected chi connectivity index (χ1v) is 6.62. The molecule has 0 aromatic rings. The van der Waals surface area contributed by atoms with Crippen molar-refractivity contribution in [3.63, 3.8) is 0 Å². The van der Waals surface area contributed by atoms with Gasteiger partial charge in [0.1, 0.15) is 0 Å². The van der Waals surface area contributed by atoms with Crippen LogP contribution in [0.15, 0.2) is 0 Å². The van der Waals surface area contributed by atoms with Gasteiger partial charge in [-0.15, -0.1) is 0 Å². The summed E-state index contributed by atoms with van der Waals surface area (Å²) in [6.45, 7) is 7.17. The fraction of sp³-hybridized carbons (Fsp3) is 0.833. The van der Waals surface area contributed by atoms with Crippen LogP contribution in [0.1, 0.15) is 20.3 Å². The molecule has 0 aliphatic heterocycles. The summed E-state index contributed by atoms with van der Waals surface area (Å²) in [7, 11) is 1.64. The first-order chi connectivity index (χ1) is 8.45. The third-order valence-corrected chi connectivity index (χ3v) is 2.56. The van der Waals surface area contributed by atoms with E-state index in [0.717, 1.165) is 0 Å². The van der Waals surface area contributed by atoms with Crippen molar-refractivity contribution in [1.29, 1.82) is 0 Å². The molecule has 0 heterocycles. The van der Waals surface area contributed by atoms with Crippen LogP contribution >= 0.6 is 12.2 Å². The van der Waals surface area contributed by atoms with Gasteiger partial charge in [-0.3, -0.25) is 9.69 Å². The second kappa shape index (κ2) is 10.2. The lowest BCUT2D eigenvalue weighted by molar-refractivity contribution is -0.122. The Morgan fingerprint density at radius 2 is 2.11 bits per heavy atom. The van der Waals surface area contributed by atoms with Crippen molar-refractivity contribution < 1.29 is 9.53 Å². The number of methoxy groups -OCH3 is 1. The molecule has 0 unspecified atom stereocenters. The molecule has 6 heteroatoms. The average Bonchev–Trinajstić information content (AvgIpc) is 2.29. The van der Waals surface area contributed by atoms with Gasteiger partial charge in [0, 0.05) is 33.2 Å². The number of amides is 1. The molecule has 0 spiro atoms. The fourth-order valence-electron chi connectivity index (χ4n) is 1.34. The molecule has 106 valence electrons. The number of nitrogens with zero attached hydrogens (tertiary/aromatic N) is 1. The van der Waals surface area contributed by atoms with E-state index in [0.29, 0.717) is 50.1 Å². The summed E-state index contributed by atoms with van der Waals surface area (Å²) in [5.41, 5.74) is 5.47. The maximum absolute atomic E-state index is 11.7. The maximum Gasteiger partial charge on any atom is 0.234 e. The molecule has 0 aromatic heterocycles. The number of nitrogens with one attached hydrogen (secondary N) is 1. The molecule has 0 aliphatic carbocycles. The summed E-state index contributed by atoms with van der Waals surface area (Å²) in [4.78, 5) is 14.2. The molecule has 3 N–H and O–H groups in total. The molecule has 0 bridgehead atoms. The number of ether oxygens (including phenoxy) is 1. The quantitative estimate of drug-likeness (QED) is 0.564. The Morgan fingerprint density at radius 3 is 2.61 bits per heavy atom. The monoisotopic (exact) mass is 275 g/mol. The Balaban J connectivity index is 4.04. The summed E-state index contributed by atoms with van der Waals surface area (Å²) in [6.07, 6.45) is 0.622. The van der Waals surface area contributed by atoms with Gasteiger partial charge >= 0.3 is 0 Å².